The minimum Gasteiger partial charge on any atom is -0.314 e. The normalized spacial score (nSPS) is 23.6. The quantitative estimate of drug-likeness (QED) is 0.735. The maximum Gasteiger partial charge on any atom is 0.0126 e. The predicted molar refractivity (Wildman–Crippen MR) is 93.0 cm³/mol. The molecule has 1 N–H and O–H groups in total. The highest BCUT2D eigenvalue weighted by atomic mass is 15.3. The van der Waals surface area contributed by atoms with E-state index in [2.05, 4.69) is 68.6 Å². The second-order valence-corrected chi connectivity index (χ2v) is 8.37. The van der Waals surface area contributed by atoms with Crippen LogP contribution in [0, 0.1) is 0 Å². The lowest BCUT2D eigenvalue weighted by molar-refractivity contribution is 0.0704. The number of likely N-dealkylation sites (N-methyl/N-ethyl adjacent to an activating group) is 1. The molecule has 1 aliphatic rings. The molecule has 21 heavy (non-hydrogen) atoms. The fourth-order valence-corrected chi connectivity index (χ4v) is 2.82. The molecule has 1 rings (SSSR count). The Kier molecular flexibility index (Phi) is 7.11. The van der Waals surface area contributed by atoms with Gasteiger partial charge in [0.1, 0.15) is 0 Å². The summed E-state index contributed by atoms with van der Waals surface area (Å²) in [6, 6.07) is 0. The summed E-state index contributed by atoms with van der Waals surface area (Å²) in [4.78, 5) is 7.69. The van der Waals surface area contributed by atoms with Crippen LogP contribution in [0.3, 0.4) is 0 Å². The van der Waals surface area contributed by atoms with Crippen LogP contribution >= 0.6 is 0 Å². The summed E-state index contributed by atoms with van der Waals surface area (Å²) >= 11 is 0. The van der Waals surface area contributed by atoms with E-state index in [1.807, 2.05) is 0 Å². The molecule has 0 aromatic rings. The first-order chi connectivity index (χ1) is 9.60. The SMILES string of the molecule is CN1CCNCCN(C(C)(C)C)CCN(C(C)(C)C)CC1. The Morgan fingerprint density at radius 3 is 1.57 bits per heavy atom. The van der Waals surface area contributed by atoms with E-state index in [4.69, 9.17) is 0 Å². The van der Waals surface area contributed by atoms with E-state index < -0.39 is 0 Å². The first-order valence-electron chi connectivity index (χ1n) is 8.50. The summed E-state index contributed by atoms with van der Waals surface area (Å²) < 4.78 is 0. The van der Waals surface area contributed by atoms with Crippen molar-refractivity contribution in [3.05, 3.63) is 0 Å². The molecule has 0 unspecified atom stereocenters. The molecule has 0 bridgehead atoms. The molecule has 4 nitrogen and oxygen atoms in total. The highest BCUT2D eigenvalue weighted by Gasteiger charge is 2.25. The standard InChI is InChI=1S/C17H38N4/c1-16(2,3)20-11-9-18-8-10-19(7)12-13-21(15-14-20)17(4,5)6/h18H,8-15H2,1-7H3. The summed E-state index contributed by atoms with van der Waals surface area (Å²) in [5, 5.41) is 3.58. The summed E-state index contributed by atoms with van der Waals surface area (Å²) in [5.41, 5.74) is 0.485. The number of hydrogen-bond donors (Lipinski definition) is 1. The van der Waals surface area contributed by atoms with Crippen LogP contribution in [0.5, 0.6) is 0 Å². The zero-order valence-corrected chi connectivity index (χ0v) is 15.5. The van der Waals surface area contributed by atoms with Gasteiger partial charge in [0.05, 0.1) is 0 Å². The van der Waals surface area contributed by atoms with Gasteiger partial charge in [0.15, 0.2) is 0 Å². The van der Waals surface area contributed by atoms with Crippen molar-refractivity contribution in [1.29, 1.82) is 0 Å². The molecule has 0 amide bonds. The maximum atomic E-state index is 3.58. The number of rotatable bonds is 0. The maximum absolute atomic E-state index is 3.58. The molecule has 1 heterocycles. The molecule has 0 aromatic carbocycles. The highest BCUT2D eigenvalue weighted by Crippen LogP contribution is 2.16. The molecule has 126 valence electrons. The van der Waals surface area contributed by atoms with Gasteiger partial charge in [0.2, 0.25) is 0 Å². The zero-order chi connectivity index (χ0) is 16.1. The molecule has 1 saturated heterocycles. The third-order valence-corrected chi connectivity index (χ3v) is 4.52. The Hall–Kier alpha value is -0.160. The van der Waals surface area contributed by atoms with Gasteiger partial charge in [-0.25, -0.2) is 0 Å². The minimum atomic E-state index is 0.242. The largest absolute Gasteiger partial charge is 0.314 e. The van der Waals surface area contributed by atoms with Gasteiger partial charge in [-0.3, -0.25) is 9.80 Å². The summed E-state index contributed by atoms with van der Waals surface area (Å²) in [5.74, 6) is 0. The molecular formula is C17H38N4. The Bertz CT molecular complexity index is 290. The van der Waals surface area contributed by atoms with Crippen molar-refractivity contribution in [2.45, 2.75) is 52.6 Å². The second kappa shape index (κ2) is 7.91. The molecule has 0 radical (unpaired) electrons. The van der Waals surface area contributed by atoms with Crippen LogP contribution in [0.25, 0.3) is 0 Å². The molecule has 0 saturated carbocycles. The van der Waals surface area contributed by atoms with Gasteiger partial charge in [-0.1, -0.05) is 0 Å². The lowest BCUT2D eigenvalue weighted by Gasteiger charge is -2.41. The van der Waals surface area contributed by atoms with E-state index in [-0.39, 0.29) is 11.1 Å². The van der Waals surface area contributed by atoms with Crippen LogP contribution in [0.4, 0.5) is 0 Å². The lowest BCUT2D eigenvalue weighted by atomic mass is 10.0. The van der Waals surface area contributed by atoms with Crippen molar-refractivity contribution in [3.63, 3.8) is 0 Å². The van der Waals surface area contributed by atoms with Gasteiger partial charge in [-0.05, 0) is 48.6 Å². The Labute approximate surface area is 132 Å². The molecule has 0 spiro atoms. The second-order valence-electron chi connectivity index (χ2n) is 8.37. The van der Waals surface area contributed by atoms with Crippen molar-refractivity contribution in [2.75, 3.05) is 59.4 Å². The monoisotopic (exact) mass is 298 g/mol. The van der Waals surface area contributed by atoms with Crippen LogP contribution in [-0.4, -0.2) is 85.2 Å². The zero-order valence-electron chi connectivity index (χ0n) is 15.5. The van der Waals surface area contributed by atoms with Gasteiger partial charge in [0.25, 0.3) is 0 Å². The summed E-state index contributed by atoms with van der Waals surface area (Å²) in [7, 11) is 2.23. The van der Waals surface area contributed by atoms with Crippen LogP contribution in [-0.2, 0) is 0 Å². The predicted octanol–water partition coefficient (Wildman–Crippen LogP) is 1.72. The van der Waals surface area contributed by atoms with Crippen LogP contribution in [0.1, 0.15) is 41.5 Å². The molecular weight excluding hydrogens is 260 g/mol. The smallest absolute Gasteiger partial charge is 0.0126 e. The van der Waals surface area contributed by atoms with Crippen molar-refractivity contribution in [3.8, 4) is 0 Å². The van der Waals surface area contributed by atoms with Crippen molar-refractivity contribution < 1.29 is 0 Å². The molecule has 1 fully saturated rings. The Morgan fingerprint density at radius 1 is 0.619 bits per heavy atom. The average Bonchev–Trinajstić information content (AvgIpc) is 2.30. The number of nitrogens with zero attached hydrogens (tertiary/aromatic N) is 3. The molecule has 0 aromatic heterocycles. The highest BCUT2D eigenvalue weighted by molar-refractivity contribution is 4.82. The number of nitrogens with one attached hydrogen (secondary N) is 1. The molecule has 4 heteroatoms. The van der Waals surface area contributed by atoms with Gasteiger partial charge >= 0.3 is 0 Å². The van der Waals surface area contributed by atoms with E-state index in [0.717, 1.165) is 52.4 Å². The lowest BCUT2D eigenvalue weighted by Crippen LogP contribution is -2.53. The number of hydrogen-bond acceptors (Lipinski definition) is 4. The van der Waals surface area contributed by atoms with Crippen LogP contribution < -0.4 is 5.32 Å². The van der Waals surface area contributed by atoms with Gasteiger partial charge < -0.3 is 10.2 Å². The van der Waals surface area contributed by atoms with E-state index in [9.17, 15) is 0 Å². The van der Waals surface area contributed by atoms with E-state index in [1.54, 1.807) is 0 Å². The van der Waals surface area contributed by atoms with Crippen molar-refractivity contribution >= 4 is 0 Å². The van der Waals surface area contributed by atoms with E-state index in [1.165, 1.54) is 0 Å². The van der Waals surface area contributed by atoms with E-state index in [0.29, 0.717) is 0 Å². The van der Waals surface area contributed by atoms with Crippen LogP contribution in [0.2, 0.25) is 0 Å². The van der Waals surface area contributed by atoms with Crippen molar-refractivity contribution in [2.24, 2.45) is 0 Å². The first-order valence-corrected chi connectivity index (χ1v) is 8.50. The third kappa shape index (κ3) is 7.09. The van der Waals surface area contributed by atoms with Crippen LogP contribution in [0.15, 0.2) is 0 Å². The van der Waals surface area contributed by atoms with E-state index >= 15 is 0 Å². The fourth-order valence-electron chi connectivity index (χ4n) is 2.82. The van der Waals surface area contributed by atoms with Gasteiger partial charge in [-0.2, -0.15) is 0 Å². The van der Waals surface area contributed by atoms with Crippen molar-refractivity contribution in [1.82, 2.24) is 20.0 Å². The van der Waals surface area contributed by atoms with Gasteiger partial charge in [-0.15, -0.1) is 0 Å². The Morgan fingerprint density at radius 2 is 1.05 bits per heavy atom. The molecule has 0 atom stereocenters. The molecule has 1 aliphatic heterocycles. The summed E-state index contributed by atoms with van der Waals surface area (Å²) in [6.07, 6.45) is 0. The Balaban J connectivity index is 2.73. The average molecular weight is 299 g/mol. The topological polar surface area (TPSA) is 21.8 Å². The molecule has 0 aliphatic carbocycles. The fraction of sp³-hybridized carbons (Fsp3) is 1.00. The first kappa shape index (κ1) is 18.9. The summed E-state index contributed by atoms with van der Waals surface area (Å²) in [6.45, 7) is 23.0. The third-order valence-electron chi connectivity index (χ3n) is 4.52. The van der Waals surface area contributed by atoms with Gasteiger partial charge in [0, 0.05) is 63.4 Å². The minimum absolute atomic E-state index is 0.242.